The van der Waals surface area contributed by atoms with Crippen LogP contribution in [0.5, 0.6) is 5.75 Å². The van der Waals surface area contributed by atoms with E-state index in [2.05, 4.69) is 5.32 Å². The van der Waals surface area contributed by atoms with Crippen LogP contribution in [0.2, 0.25) is 5.02 Å². The van der Waals surface area contributed by atoms with Crippen molar-refractivity contribution < 1.29 is 27.1 Å². The minimum absolute atomic E-state index is 0.0143. The lowest BCUT2D eigenvalue weighted by molar-refractivity contribution is -0.139. The van der Waals surface area contributed by atoms with Crippen molar-refractivity contribution in [3.8, 4) is 5.75 Å². The molecule has 0 fully saturated rings. The molecule has 11 heteroatoms. The average molecular weight is 590 g/mol. The summed E-state index contributed by atoms with van der Waals surface area (Å²) in [6, 6.07) is 16.5. The van der Waals surface area contributed by atoms with E-state index >= 15 is 0 Å². The molecule has 1 N–H and O–H groups in total. The zero-order chi connectivity index (χ0) is 29.3. The minimum Gasteiger partial charge on any atom is -0.494 e. The Morgan fingerprint density at radius 3 is 2.30 bits per heavy atom. The molecule has 0 aliphatic heterocycles. The summed E-state index contributed by atoms with van der Waals surface area (Å²) in [6.07, 6.45) is 0.708. The number of halogens is 2. The van der Waals surface area contributed by atoms with Gasteiger partial charge in [-0.1, -0.05) is 30.7 Å². The molecule has 0 radical (unpaired) electrons. The first-order valence-corrected chi connectivity index (χ1v) is 14.7. The first-order chi connectivity index (χ1) is 19.1. The predicted octanol–water partition coefficient (Wildman–Crippen LogP) is 5.02. The summed E-state index contributed by atoms with van der Waals surface area (Å²) in [4.78, 5) is 27.9. The van der Waals surface area contributed by atoms with Gasteiger partial charge in [0.2, 0.25) is 11.8 Å². The van der Waals surface area contributed by atoms with Crippen LogP contribution in [0.15, 0.2) is 77.7 Å². The number of amides is 2. The van der Waals surface area contributed by atoms with Gasteiger partial charge in [-0.15, -0.1) is 0 Å². The van der Waals surface area contributed by atoms with Crippen LogP contribution in [-0.4, -0.2) is 50.9 Å². The van der Waals surface area contributed by atoms with E-state index in [-0.39, 0.29) is 23.0 Å². The molecule has 0 aliphatic rings. The summed E-state index contributed by atoms with van der Waals surface area (Å²) in [6.45, 7) is 5.52. The molecule has 0 bridgehead atoms. The Bertz CT molecular complexity index is 1400. The van der Waals surface area contributed by atoms with Crippen molar-refractivity contribution in [2.75, 3.05) is 24.0 Å². The maximum absolute atomic E-state index is 13.8. The molecule has 214 valence electrons. The molecule has 3 aromatic rings. The maximum atomic E-state index is 13.8. The molecule has 3 rings (SSSR count). The largest absolute Gasteiger partial charge is 0.494 e. The number of sulfonamides is 1. The summed E-state index contributed by atoms with van der Waals surface area (Å²) in [7, 11) is -4.28. The molecule has 2 amide bonds. The number of carbonyl (C=O) groups excluding carboxylic acids is 2. The van der Waals surface area contributed by atoms with E-state index in [1.807, 2.05) is 13.8 Å². The molecule has 0 aliphatic carbocycles. The number of benzene rings is 3. The Balaban J connectivity index is 2.01. The summed E-state index contributed by atoms with van der Waals surface area (Å²) in [5, 5.41) is 3.24. The van der Waals surface area contributed by atoms with Gasteiger partial charge in [-0.05, 0) is 86.5 Å². The Kier molecular flexibility index (Phi) is 10.9. The van der Waals surface area contributed by atoms with Crippen LogP contribution in [0.1, 0.15) is 32.8 Å². The second-order valence-corrected chi connectivity index (χ2v) is 11.3. The van der Waals surface area contributed by atoms with E-state index in [0.29, 0.717) is 35.9 Å². The standard InChI is InChI=1S/C29H33ClFN3O5S/c1-4-17-32-29(36)21(3)33(19-22-7-6-8-23(30)18-22)28(35)20-34(25-11-9-24(31)10-12-25)40(37,38)27-15-13-26(14-16-27)39-5-2/h6-16,18,21H,4-5,17,19-20H2,1-3H3,(H,32,36)/t21-/m0/s1. The van der Waals surface area contributed by atoms with Crippen LogP contribution in [0.4, 0.5) is 10.1 Å². The number of nitrogens with one attached hydrogen (secondary N) is 1. The molecule has 0 unspecified atom stereocenters. The van der Waals surface area contributed by atoms with Crippen molar-refractivity contribution in [3.63, 3.8) is 0 Å². The molecule has 0 heterocycles. The van der Waals surface area contributed by atoms with E-state index in [1.165, 1.54) is 41.3 Å². The molecule has 0 spiro atoms. The third-order valence-corrected chi connectivity index (χ3v) is 8.10. The molecule has 0 saturated carbocycles. The first-order valence-electron chi connectivity index (χ1n) is 12.9. The highest BCUT2D eigenvalue weighted by Crippen LogP contribution is 2.26. The van der Waals surface area contributed by atoms with Gasteiger partial charge in [0.15, 0.2) is 0 Å². The van der Waals surface area contributed by atoms with E-state index in [4.69, 9.17) is 16.3 Å². The van der Waals surface area contributed by atoms with Crippen molar-refractivity contribution >= 4 is 39.1 Å². The molecule has 3 aromatic carbocycles. The fourth-order valence-corrected chi connectivity index (χ4v) is 5.58. The number of hydrogen-bond acceptors (Lipinski definition) is 5. The van der Waals surface area contributed by atoms with Gasteiger partial charge < -0.3 is 15.0 Å². The van der Waals surface area contributed by atoms with Crippen molar-refractivity contribution in [1.82, 2.24) is 10.2 Å². The zero-order valence-electron chi connectivity index (χ0n) is 22.6. The number of rotatable bonds is 13. The molecule has 0 aromatic heterocycles. The molecular weight excluding hydrogens is 557 g/mol. The Morgan fingerprint density at radius 1 is 1.02 bits per heavy atom. The van der Waals surface area contributed by atoms with Crippen LogP contribution in [-0.2, 0) is 26.2 Å². The minimum atomic E-state index is -4.28. The van der Waals surface area contributed by atoms with Gasteiger partial charge in [-0.2, -0.15) is 0 Å². The third-order valence-electron chi connectivity index (χ3n) is 6.07. The second kappa shape index (κ2) is 14.1. The van der Waals surface area contributed by atoms with E-state index in [9.17, 15) is 22.4 Å². The van der Waals surface area contributed by atoms with E-state index < -0.39 is 34.3 Å². The van der Waals surface area contributed by atoms with Crippen molar-refractivity contribution in [2.24, 2.45) is 0 Å². The van der Waals surface area contributed by atoms with Crippen LogP contribution in [0.3, 0.4) is 0 Å². The van der Waals surface area contributed by atoms with Gasteiger partial charge in [0.1, 0.15) is 24.2 Å². The topological polar surface area (TPSA) is 96.0 Å². The normalized spacial score (nSPS) is 11.9. The molecular formula is C29H33ClFN3O5S. The first kappa shape index (κ1) is 30.9. The lowest BCUT2D eigenvalue weighted by atomic mass is 10.1. The fourth-order valence-electron chi connectivity index (χ4n) is 3.95. The second-order valence-electron chi connectivity index (χ2n) is 9.01. The highest BCUT2D eigenvalue weighted by atomic mass is 35.5. The highest BCUT2D eigenvalue weighted by molar-refractivity contribution is 7.92. The lowest BCUT2D eigenvalue weighted by Crippen LogP contribution is -2.51. The number of anilines is 1. The monoisotopic (exact) mass is 589 g/mol. The van der Waals surface area contributed by atoms with E-state index in [0.717, 1.165) is 16.4 Å². The van der Waals surface area contributed by atoms with Crippen LogP contribution >= 0.6 is 11.6 Å². The zero-order valence-corrected chi connectivity index (χ0v) is 24.2. The lowest BCUT2D eigenvalue weighted by Gasteiger charge is -2.32. The van der Waals surface area contributed by atoms with Crippen LogP contribution in [0, 0.1) is 5.82 Å². The highest BCUT2D eigenvalue weighted by Gasteiger charge is 2.32. The Morgan fingerprint density at radius 2 is 1.70 bits per heavy atom. The number of ether oxygens (including phenoxy) is 1. The van der Waals surface area contributed by atoms with Gasteiger partial charge in [0, 0.05) is 18.1 Å². The van der Waals surface area contributed by atoms with Gasteiger partial charge in [-0.3, -0.25) is 13.9 Å². The molecule has 40 heavy (non-hydrogen) atoms. The van der Waals surface area contributed by atoms with Gasteiger partial charge in [0.25, 0.3) is 10.0 Å². The van der Waals surface area contributed by atoms with Gasteiger partial charge in [0.05, 0.1) is 17.2 Å². The maximum Gasteiger partial charge on any atom is 0.264 e. The summed E-state index contributed by atoms with van der Waals surface area (Å²) >= 11 is 6.14. The van der Waals surface area contributed by atoms with Crippen LogP contribution in [0.25, 0.3) is 0 Å². The summed E-state index contributed by atoms with van der Waals surface area (Å²) in [5.41, 5.74) is 0.758. The third kappa shape index (κ3) is 7.95. The van der Waals surface area contributed by atoms with Crippen molar-refractivity contribution in [3.05, 3.63) is 89.2 Å². The number of hydrogen-bond donors (Lipinski definition) is 1. The van der Waals surface area contributed by atoms with Crippen molar-refractivity contribution in [1.29, 1.82) is 0 Å². The quantitative estimate of drug-likeness (QED) is 0.302. The summed E-state index contributed by atoms with van der Waals surface area (Å²) in [5.74, 6) is -1.07. The molecule has 0 saturated heterocycles. The SMILES string of the molecule is CCCNC(=O)[C@H](C)N(Cc1cccc(Cl)c1)C(=O)CN(c1ccc(F)cc1)S(=O)(=O)c1ccc(OCC)cc1. The fraction of sp³-hybridized carbons (Fsp3) is 0.310. The van der Waals surface area contributed by atoms with E-state index in [1.54, 1.807) is 31.2 Å². The van der Waals surface area contributed by atoms with Crippen LogP contribution < -0.4 is 14.4 Å². The summed E-state index contributed by atoms with van der Waals surface area (Å²) < 4.78 is 47.7. The predicted molar refractivity (Wildman–Crippen MR) is 153 cm³/mol. The Hall–Kier alpha value is -3.63. The molecule has 1 atom stereocenters. The Labute approximate surface area is 239 Å². The van der Waals surface area contributed by atoms with Crippen molar-refractivity contribution in [2.45, 2.75) is 44.7 Å². The molecule has 8 nitrogen and oxygen atoms in total. The number of carbonyl (C=O) groups is 2. The smallest absolute Gasteiger partial charge is 0.264 e. The van der Waals surface area contributed by atoms with Gasteiger partial charge >= 0.3 is 0 Å². The average Bonchev–Trinajstić information content (AvgIpc) is 2.94. The van der Waals surface area contributed by atoms with Gasteiger partial charge in [-0.25, -0.2) is 12.8 Å². The number of nitrogens with zero attached hydrogens (tertiary/aromatic N) is 2.